The molecule has 8 heteroatoms. The normalized spacial score (nSPS) is 36.2. The summed E-state index contributed by atoms with van der Waals surface area (Å²) in [5, 5.41) is 26.8. The lowest BCUT2D eigenvalue weighted by Gasteiger charge is -2.44. The molecule has 3 fully saturated rings. The highest BCUT2D eigenvalue weighted by Crippen LogP contribution is 2.48. The second-order valence-corrected chi connectivity index (χ2v) is 9.30. The number of carboxylic acid groups (broad SMARTS) is 1. The maximum absolute atomic E-state index is 12.3. The number of β-lactam (4-membered cyclic amide) rings is 1. The molecule has 144 valence electrons. The highest BCUT2D eigenvalue weighted by Gasteiger charge is 2.57. The van der Waals surface area contributed by atoms with E-state index in [1.54, 1.807) is 18.7 Å². The summed E-state index contributed by atoms with van der Waals surface area (Å²) in [6.07, 6.45) is 3.25. The molecule has 7 nitrogen and oxygen atoms in total. The van der Waals surface area contributed by atoms with Gasteiger partial charge in [0.25, 0.3) is 0 Å². The van der Waals surface area contributed by atoms with Gasteiger partial charge in [-0.2, -0.15) is 0 Å². The number of carbonyl (C=O) groups is 2. The minimum absolute atomic E-state index is 0.146. The van der Waals surface area contributed by atoms with Gasteiger partial charge in [0.1, 0.15) is 5.70 Å². The number of carbonyl (C=O) groups excluding carboxylic acids is 1. The van der Waals surface area contributed by atoms with Gasteiger partial charge in [0.15, 0.2) is 0 Å². The average molecular weight is 381 g/mol. The number of nitrogens with one attached hydrogen (secondary N) is 2. The van der Waals surface area contributed by atoms with Crippen LogP contribution in [-0.2, 0) is 9.59 Å². The summed E-state index contributed by atoms with van der Waals surface area (Å²) in [5.74, 6) is -1.06. The van der Waals surface area contributed by atoms with Crippen molar-refractivity contribution in [1.82, 2.24) is 15.5 Å². The molecule has 5 atom stereocenters. The number of amides is 1. The largest absolute Gasteiger partial charge is 0.477 e. The van der Waals surface area contributed by atoms with Gasteiger partial charge in [-0.3, -0.25) is 4.79 Å². The van der Waals surface area contributed by atoms with E-state index in [4.69, 9.17) is 0 Å². The summed E-state index contributed by atoms with van der Waals surface area (Å²) in [6, 6.07) is 0.319. The molecule has 4 aliphatic rings. The monoisotopic (exact) mass is 381 g/mol. The maximum Gasteiger partial charge on any atom is 0.353 e. The van der Waals surface area contributed by atoms with Crippen molar-refractivity contribution in [2.45, 2.75) is 56.0 Å². The third kappa shape index (κ3) is 3.06. The Bertz CT molecular complexity index is 632. The van der Waals surface area contributed by atoms with E-state index in [2.05, 4.69) is 10.6 Å². The number of carboxylic acids is 1. The van der Waals surface area contributed by atoms with Gasteiger partial charge in [-0.05, 0) is 45.2 Å². The van der Waals surface area contributed by atoms with Crippen LogP contribution in [0.2, 0.25) is 0 Å². The standard InChI is InChI=1S/C18H27N3O4S/c1-9(22)15-13-7-14(16(18(24)25)21(13)17(15)23)26-11-6-12(20-8-11)10-2-4-19-5-3-10/h9-13,15,19-20,22H,2-8H2,1H3,(H,24,25)/t9?,11-,12-,13+,15?/m0/s1. The minimum atomic E-state index is -1.03. The Labute approximate surface area is 157 Å². The zero-order chi connectivity index (χ0) is 18.4. The van der Waals surface area contributed by atoms with Crippen LogP contribution < -0.4 is 10.6 Å². The second-order valence-electron chi connectivity index (χ2n) is 7.90. The van der Waals surface area contributed by atoms with E-state index < -0.39 is 18.0 Å². The molecule has 4 rings (SSSR count). The molecular weight excluding hydrogens is 354 g/mol. The number of hydrogen-bond donors (Lipinski definition) is 4. The molecule has 4 N–H and O–H groups in total. The highest BCUT2D eigenvalue weighted by molar-refractivity contribution is 8.03. The summed E-state index contributed by atoms with van der Waals surface area (Å²) in [7, 11) is 0. The number of nitrogens with zero attached hydrogens (tertiary/aromatic N) is 1. The third-order valence-electron chi connectivity index (χ3n) is 6.28. The molecule has 26 heavy (non-hydrogen) atoms. The number of aliphatic hydroxyl groups excluding tert-OH is 1. The molecule has 0 radical (unpaired) electrons. The number of aliphatic carboxylic acids is 1. The topological polar surface area (TPSA) is 102 Å². The first-order valence-electron chi connectivity index (χ1n) is 9.55. The van der Waals surface area contributed by atoms with E-state index in [0.717, 1.165) is 31.0 Å². The Morgan fingerprint density at radius 2 is 2.08 bits per heavy atom. The van der Waals surface area contributed by atoms with Crippen LogP contribution >= 0.6 is 11.8 Å². The van der Waals surface area contributed by atoms with Crippen LogP contribution in [0.25, 0.3) is 0 Å². The maximum atomic E-state index is 12.3. The van der Waals surface area contributed by atoms with E-state index in [-0.39, 0.29) is 17.6 Å². The molecule has 4 heterocycles. The molecule has 3 saturated heterocycles. The molecule has 0 spiro atoms. The first kappa shape index (κ1) is 18.3. The molecule has 0 saturated carbocycles. The van der Waals surface area contributed by atoms with E-state index >= 15 is 0 Å². The molecule has 0 aromatic rings. The lowest BCUT2D eigenvalue weighted by molar-refractivity contribution is -0.161. The van der Waals surface area contributed by atoms with Crippen LogP contribution in [0.3, 0.4) is 0 Å². The number of piperidine rings is 1. The first-order chi connectivity index (χ1) is 12.5. The Kier molecular flexibility index (Phi) is 5.02. The van der Waals surface area contributed by atoms with Gasteiger partial charge in [0, 0.05) is 29.2 Å². The molecular formula is C18H27N3O4S. The Balaban J connectivity index is 1.43. The van der Waals surface area contributed by atoms with Gasteiger partial charge in [-0.25, -0.2) is 4.79 Å². The van der Waals surface area contributed by atoms with Gasteiger partial charge in [0.2, 0.25) is 5.91 Å². The Hall–Kier alpha value is -1.09. The van der Waals surface area contributed by atoms with Crippen molar-refractivity contribution in [3.05, 3.63) is 10.6 Å². The summed E-state index contributed by atoms with van der Waals surface area (Å²) in [6.45, 7) is 4.65. The van der Waals surface area contributed by atoms with Crippen molar-refractivity contribution in [2.24, 2.45) is 11.8 Å². The molecule has 0 bridgehead atoms. The molecule has 0 aliphatic carbocycles. The van der Waals surface area contributed by atoms with Crippen molar-refractivity contribution in [1.29, 1.82) is 0 Å². The summed E-state index contributed by atoms with van der Waals surface area (Å²) in [4.78, 5) is 26.2. The molecule has 1 amide bonds. The molecule has 4 aliphatic heterocycles. The highest BCUT2D eigenvalue weighted by atomic mass is 32.2. The average Bonchev–Trinajstić information content (AvgIpc) is 3.19. The van der Waals surface area contributed by atoms with E-state index in [1.165, 1.54) is 17.7 Å². The van der Waals surface area contributed by atoms with Gasteiger partial charge in [-0.1, -0.05) is 0 Å². The lowest BCUT2D eigenvalue weighted by Crippen LogP contribution is -2.61. The fourth-order valence-electron chi connectivity index (χ4n) is 4.97. The predicted octanol–water partition coefficient (Wildman–Crippen LogP) is 0.357. The zero-order valence-corrected chi connectivity index (χ0v) is 15.8. The van der Waals surface area contributed by atoms with Crippen molar-refractivity contribution < 1.29 is 19.8 Å². The van der Waals surface area contributed by atoms with E-state index in [1.807, 2.05) is 0 Å². The third-order valence-corrected chi connectivity index (χ3v) is 7.61. The fourth-order valence-corrected chi connectivity index (χ4v) is 6.42. The molecule has 0 aromatic carbocycles. The van der Waals surface area contributed by atoms with Crippen LogP contribution in [0, 0.1) is 11.8 Å². The van der Waals surface area contributed by atoms with Gasteiger partial charge in [-0.15, -0.1) is 11.8 Å². The van der Waals surface area contributed by atoms with Gasteiger partial charge >= 0.3 is 5.97 Å². The number of thioether (sulfide) groups is 1. The van der Waals surface area contributed by atoms with Gasteiger partial charge < -0.3 is 25.7 Å². The van der Waals surface area contributed by atoms with Crippen LogP contribution in [0.1, 0.15) is 32.6 Å². The SMILES string of the molecule is CC(O)C1C(=O)N2C(C(=O)O)=C(S[C@@H]3CN[C@H](C4CCNCC4)C3)C[C@H]12. The van der Waals surface area contributed by atoms with Crippen molar-refractivity contribution >= 4 is 23.6 Å². The predicted molar refractivity (Wildman–Crippen MR) is 98.5 cm³/mol. The summed E-state index contributed by atoms with van der Waals surface area (Å²) < 4.78 is 0. The quantitative estimate of drug-likeness (QED) is 0.510. The zero-order valence-electron chi connectivity index (χ0n) is 15.0. The minimum Gasteiger partial charge on any atom is -0.477 e. The van der Waals surface area contributed by atoms with Crippen LogP contribution in [-0.4, -0.2) is 70.1 Å². The van der Waals surface area contributed by atoms with Crippen LogP contribution in [0.15, 0.2) is 10.6 Å². The lowest BCUT2D eigenvalue weighted by atomic mass is 9.83. The molecule has 0 aromatic heterocycles. The fraction of sp³-hybridized carbons (Fsp3) is 0.778. The molecule has 2 unspecified atom stereocenters. The Morgan fingerprint density at radius 1 is 1.35 bits per heavy atom. The summed E-state index contributed by atoms with van der Waals surface area (Å²) in [5.41, 5.74) is 0.146. The Morgan fingerprint density at radius 3 is 2.73 bits per heavy atom. The number of rotatable bonds is 5. The van der Waals surface area contributed by atoms with Crippen molar-refractivity contribution in [3.63, 3.8) is 0 Å². The van der Waals surface area contributed by atoms with Gasteiger partial charge in [0.05, 0.1) is 18.1 Å². The van der Waals surface area contributed by atoms with Crippen molar-refractivity contribution in [2.75, 3.05) is 19.6 Å². The number of fused-ring (bicyclic) bond motifs is 1. The first-order valence-corrected chi connectivity index (χ1v) is 10.4. The van der Waals surface area contributed by atoms with Crippen LogP contribution in [0.4, 0.5) is 0 Å². The number of hydrogen-bond acceptors (Lipinski definition) is 6. The van der Waals surface area contributed by atoms with E-state index in [9.17, 15) is 19.8 Å². The van der Waals surface area contributed by atoms with Crippen LogP contribution in [0.5, 0.6) is 0 Å². The van der Waals surface area contributed by atoms with Crippen molar-refractivity contribution in [3.8, 4) is 0 Å². The summed E-state index contributed by atoms with van der Waals surface area (Å²) >= 11 is 1.63. The van der Waals surface area contributed by atoms with E-state index in [0.29, 0.717) is 23.6 Å². The second kappa shape index (κ2) is 7.14. The smallest absolute Gasteiger partial charge is 0.353 e. The number of aliphatic hydroxyl groups is 1.